The number of piperidine rings is 1. The molecule has 1 atom stereocenters. The van der Waals surface area contributed by atoms with Crippen molar-refractivity contribution < 1.29 is 13.2 Å². The highest BCUT2D eigenvalue weighted by Crippen LogP contribution is 2.23. The number of rotatable bonds is 3. The smallest absolute Gasteiger partial charge is 0.243 e. The van der Waals surface area contributed by atoms with Crippen LogP contribution >= 0.6 is 0 Å². The Morgan fingerprint density at radius 2 is 1.94 bits per heavy atom. The van der Waals surface area contributed by atoms with Gasteiger partial charge in [-0.15, -0.1) is 0 Å². The van der Waals surface area contributed by atoms with Crippen LogP contribution in [0.1, 0.15) is 19.8 Å². The van der Waals surface area contributed by atoms with E-state index in [0.29, 0.717) is 30.8 Å². The molecule has 1 aliphatic rings. The summed E-state index contributed by atoms with van der Waals surface area (Å²) in [7, 11) is -3.45. The molecule has 0 saturated carbocycles. The standard InChI is InChI=1S/C13H17NO3S/c1-2-11-10-14(9-8-13(11)15)18(16,17)12-6-4-3-5-7-12/h3-7,11H,2,8-10H2,1H3. The molecule has 1 aromatic carbocycles. The molecule has 1 fully saturated rings. The van der Waals surface area contributed by atoms with E-state index in [1.807, 2.05) is 6.92 Å². The van der Waals surface area contributed by atoms with E-state index in [1.54, 1.807) is 30.3 Å². The molecule has 1 heterocycles. The number of carbonyl (C=O) groups excluding carboxylic acids is 1. The van der Waals surface area contributed by atoms with Crippen molar-refractivity contribution in [2.75, 3.05) is 13.1 Å². The van der Waals surface area contributed by atoms with Gasteiger partial charge in [0.05, 0.1) is 4.90 Å². The number of sulfonamides is 1. The third-order valence-corrected chi connectivity index (χ3v) is 5.24. The lowest BCUT2D eigenvalue weighted by molar-refractivity contribution is -0.125. The predicted octanol–water partition coefficient (Wildman–Crippen LogP) is 1.68. The fourth-order valence-corrected chi connectivity index (χ4v) is 3.70. The highest BCUT2D eigenvalue weighted by Gasteiger charge is 2.33. The van der Waals surface area contributed by atoms with E-state index >= 15 is 0 Å². The molecular weight excluding hydrogens is 250 g/mol. The maximum absolute atomic E-state index is 12.4. The molecule has 0 aliphatic carbocycles. The van der Waals surface area contributed by atoms with Crippen LogP contribution in [0.5, 0.6) is 0 Å². The second-order valence-corrected chi connectivity index (χ2v) is 6.44. The molecule has 1 saturated heterocycles. The number of ketones is 1. The first-order valence-corrected chi connectivity index (χ1v) is 7.57. The molecule has 2 rings (SSSR count). The first-order valence-electron chi connectivity index (χ1n) is 6.13. The fraction of sp³-hybridized carbons (Fsp3) is 0.462. The van der Waals surface area contributed by atoms with Crippen LogP contribution in [0.15, 0.2) is 35.2 Å². The van der Waals surface area contributed by atoms with Crippen LogP contribution in [0, 0.1) is 5.92 Å². The van der Waals surface area contributed by atoms with E-state index in [0.717, 1.165) is 0 Å². The Morgan fingerprint density at radius 3 is 2.56 bits per heavy atom. The average molecular weight is 267 g/mol. The Labute approximate surface area is 108 Å². The molecule has 0 spiro atoms. The lowest BCUT2D eigenvalue weighted by atomic mass is 9.96. The number of benzene rings is 1. The average Bonchev–Trinajstić information content (AvgIpc) is 2.40. The number of hydrogen-bond donors (Lipinski definition) is 0. The van der Waals surface area contributed by atoms with E-state index in [4.69, 9.17) is 0 Å². The Morgan fingerprint density at radius 1 is 1.28 bits per heavy atom. The summed E-state index contributed by atoms with van der Waals surface area (Å²) in [6.45, 7) is 2.53. The van der Waals surface area contributed by atoms with Crippen molar-refractivity contribution in [1.29, 1.82) is 0 Å². The summed E-state index contributed by atoms with van der Waals surface area (Å²) in [4.78, 5) is 11.9. The van der Waals surface area contributed by atoms with Crippen LogP contribution in [-0.4, -0.2) is 31.6 Å². The number of Topliss-reactive ketones (excluding diaryl/α,β-unsaturated/α-hetero) is 1. The van der Waals surface area contributed by atoms with Gasteiger partial charge in [0.25, 0.3) is 0 Å². The quantitative estimate of drug-likeness (QED) is 0.837. The van der Waals surface area contributed by atoms with Gasteiger partial charge in [0.15, 0.2) is 0 Å². The Hall–Kier alpha value is -1.20. The summed E-state index contributed by atoms with van der Waals surface area (Å²) < 4.78 is 26.2. The SMILES string of the molecule is CCC1CN(S(=O)(=O)c2ccccc2)CCC1=O. The summed E-state index contributed by atoms with van der Waals surface area (Å²) in [6, 6.07) is 8.38. The number of carbonyl (C=O) groups is 1. The molecule has 0 bridgehead atoms. The van der Waals surface area contributed by atoms with Crippen molar-refractivity contribution in [3.63, 3.8) is 0 Å². The Kier molecular flexibility index (Phi) is 3.82. The maximum Gasteiger partial charge on any atom is 0.243 e. The molecule has 0 amide bonds. The van der Waals surface area contributed by atoms with E-state index in [1.165, 1.54) is 4.31 Å². The monoisotopic (exact) mass is 267 g/mol. The molecule has 0 aromatic heterocycles. The normalized spacial score (nSPS) is 22.1. The van der Waals surface area contributed by atoms with Gasteiger partial charge >= 0.3 is 0 Å². The fourth-order valence-electron chi connectivity index (χ4n) is 2.19. The first-order chi connectivity index (χ1) is 8.55. The van der Waals surface area contributed by atoms with E-state index in [9.17, 15) is 13.2 Å². The van der Waals surface area contributed by atoms with E-state index < -0.39 is 10.0 Å². The number of hydrogen-bond acceptors (Lipinski definition) is 3. The zero-order valence-electron chi connectivity index (χ0n) is 10.4. The molecule has 18 heavy (non-hydrogen) atoms. The predicted molar refractivity (Wildman–Crippen MR) is 68.6 cm³/mol. The van der Waals surface area contributed by atoms with Crippen molar-refractivity contribution >= 4 is 15.8 Å². The molecule has 4 nitrogen and oxygen atoms in total. The number of nitrogens with zero attached hydrogens (tertiary/aromatic N) is 1. The highest BCUT2D eigenvalue weighted by atomic mass is 32.2. The van der Waals surface area contributed by atoms with Gasteiger partial charge in [-0.05, 0) is 18.6 Å². The molecule has 0 N–H and O–H groups in total. The van der Waals surface area contributed by atoms with Gasteiger partial charge in [-0.1, -0.05) is 25.1 Å². The van der Waals surface area contributed by atoms with Crippen molar-refractivity contribution in [2.45, 2.75) is 24.7 Å². The summed E-state index contributed by atoms with van der Waals surface area (Å²) in [5.74, 6) is 0.0225. The molecule has 5 heteroatoms. The first kappa shape index (κ1) is 13.2. The third-order valence-electron chi connectivity index (χ3n) is 3.36. The minimum absolute atomic E-state index is 0.155. The van der Waals surface area contributed by atoms with Gasteiger partial charge in [0, 0.05) is 25.4 Å². The van der Waals surface area contributed by atoms with Gasteiger partial charge < -0.3 is 0 Å². The van der Waals surface area contributed by atoms with E-state index in [2.05, 4.69) is 0 Å². The van der Waals surface area contributed by atoms with Crippen molar-refractivity contribution in [3.8, 4) is 0 Å². The highest BCUT2D eigenvalue weighted by molar-refractivity contribution is 7.89. The summed E-state index contributed by atoms with van der Waals surface area (Å²) in [5.41, 5.74) is 0. The van der Waals surface area contributed by atoms with Crippen LogP contribution in [0.3, 0.4) is 0 Å². The molecule has 98 valence electrons. The van der Waals surface area contributed by atoms with Crippen LogP contribution < -0.4 is 0 Å². The van der Waals surface area contributed by atoms with Crippen molar-refractivity contribution in [3.05, 3.63) is 30.3 Å². The summed E-state index contributed by atoms with van der Waals surface area (Å²) in [6.07, 6.45) is 1.02. The van der Waals surface area contributed by atoms with Crippen LogP contribution in [-0.2, 0) is 14.8 Å². The Bertz CT molecular complexity index is 524. The largest absolute Gasteiger partial charge is 0.299 e. The topological polar surface area (TPSA) is 54.5 Å². The summed E-state index contributed by atoms with van der Waals surface area (Å²) in [5, 5.41) is 0. The molecule has 1 aliphatic heterocycles. The molecule has 1 unspecified atom stereocenters. The van der Waals surface area contributed by atoms with Gasteiger partial charge in [0.1, 0.15) is 5.78 Å². The van der Waals surface area contributed by atoms with Crippen molar-refractivity contribution in [2.24, 2.45) is 5.92 Å². The van der Waals surface area contributed by atoms with E-state index in [-0.39, 0.29) is 11.7 Å². The molecule has 1 aromatic rings. The minimum atomic E-state index is -3.45. The molecular formula is C13H17NO3S. The second-order valence-electron chi connectivity index (χ2n) is 4.50. The maximum atomic E-state index is 12.4. The second kappa shape index (κ2) is 5.20. The molecule has 0 radical (unpaired) electrons. The van der Waals surface area contributed by atoms with Gasteiger partial charge in [-0.3, -0.25) is 4.79 Å². The zero-order chi connectivity index (χ0) is 13.2. The zero-order valence-corrected chi connectivity index (χ0v) is 11.2. The van der Waals surface area contributed by atoms with Crippen LogP contribution in [0.25, 0.3) is 0 Å². The van der Waals surface area contributed by atoms with Gasteiger partial charge in [-0.25, -0.2) is 8.42 Å². The lowest BCUT2D eigenvalue weighted by Crippen LogP contribution is -2.43. The minimum Gasteiger partial charge on any atom is -0.299 e. The van der Waals surface area contributed by atoms with Crippen LogP contribution in [0.4, 0.5) is 0 Å². The van der Waals surface area contributed by atoms with Gasteiger partial charge in [0.2, 0.25) is 10.0 Å². The lowest BCUT2D eigenvalue weighted by Gasteiger charge is -2.30. The van der Waals surface area contributed by atoms with Crippen molar-refractivity contribution in [1.82, 2.24) is 4.31 Å². The van der Waals surface area contributed by atoms with Crippen LogP contribution in [0.2, 0.25) is 0 Å². The Balaban J connectivity index is 2.24. The third kappa shape index (κ3) is 2.47. The summed E-state index contributed by atoms with van der Waals surface area (Å²) >= 11 is 0. The van der Waals surface area contributed by atoms with Gasteiger partial charge in [-0.2, -0.15) is 4.31 Å².